The normalized spacial score (nSPS) is 10.3. The minimum absolute atomic E-state index is 0.696. The maximum atomic E-state index is 5.90. The second-order valence-electron chi connectivity index (χ2n) is 3.62. The van der Waals surface area contributed by atoms with Gasteiger partial charge in [0.2, 0.25) is 0 Å². The van der Waals surface area contributed by atoms with Gasteiger partial charge in [-0.05, 0) is 59.8 Å². The summed E-state index contributed by atoms with van der Waals surface area (Å²) < 4.78 is 1.05. The maximum absolute atomic E-state index is 5.90. The van der Waals surface area contributed by atoms with Crippen LogP contribution < -0.4 is 11.1 Å². The SMILES string of the molecule is Cc1nc(Nc2ccc(Cl)cc2I)ccc1N. The van der Waals surface area contributed by atoms with Crippen LogP contribution in [0.4, 0.5) is 17.2 Å². The third-order valence-electron chi connectivity index (χ3n) is 2.32. The van der Waals surface area contributed by atoms with Gasteiger partial charge in [0.25, 0.3) is 0 Å². The van der Waals surface area contributed by atoms with Crippen molar-refractivity contribution in [3.63, 3.8) is 0 Å². The van der Waals surface area contributed by atoms with Crippen LogP contribution in [0.15, 0.2) is 30.3 Å². The molecule has 0 amide bonds. The standard InChI is InChI=1S/C12H11ClIN3/c1-7-10(15)3-5-12(16-7)17-11-4-2-8(13)6-9(11)14/h2-6H,15H2,1H3,(H,16,17). The molecule has 0 bridgehead atoms. The number of benzene rings is 1. The third kappa shape index (κ3) is 3.01. The van der Waals surface area contributed by atoms with Crippen molar-refractivity contribution in [2.24, 2.45) is 0 Å². The van der Waals surface area contributed by atoms with Gasteiger partial charge in [-0.2, -0.15) is 0 Å². The first-order valence-electron chi connectivity index (χ1n) is 5.01. The van der Waals surface area contributed by atoms with Crippen LogP contribution in [0, 0.1) is 10.5 Å². The third-order valence-corrected chi connectivity index (χ3v) is 3.45. The molecule has 0 radical (unpaired) electrons. The van der Waals surface area contributed by atoms with Crippen LogP contribution in [0.25, 0.3) is 0 Å². The van der Waals surface area contributed by atoms with Crippen LogP contribution in [0.1, 0.15) is 5.69 Å². The fourth-order valence-corrected chi connectivity index (χ4v) is 2.38. The summed E-state index contributed by atoms with van der Waals surface area (Å²) in [7, 11) is 0. The van der Waals surface area contributed by atoms with Gasteiger partial charge in [-0.15, -0.1) is 0 Å². The van der Waals surface area contributed by atoms with E-state index in [4.69, 9.17) is 17.3 Å². The molecule has 2 rings (SSSR count). The molecule has 1 heterocycles. The van der Waals surface area contributed by atoms with E-state index in [9.17, 15) is 0 Å². The number of nitrogen functional groups attached to an aromatic ring is 1. The lowest BCUT2D eigenvalue weighted by molar-refractivity contribution is 1.20. The molecule has 0 fully saturated rings. The van der Waals surface area contributed by atoms with E-state index < -0.39 is 0 Å². The molecule has 0 aliphatic carbocycles. The molecule has 3 N–H and O–H groups in total. The fourth-order valence-electron chi connectivity index (χ4n) is 1.37. The molecule has 1 aromatic carbocycles. The molecule has 0 unspecified atom stereocenters. The Morgan fingerprint density at radius 3 is 2.71 bits per heavy atom. The lowest BCUT2D eigenvalue weighted by Crippen LogP contribution is -1.99. The smallest absolute Gasteiger partial charge is 0.130 e. The molecule has 88 valence electrons. The first kappa shape index (κ1) is 12.4. The minimum atomic E-state index is 0.696. The molecule has 0 aliphatic heterocycles. The number of hydrogen-bond donors (Lipinski definition) is 2. The predicted molar refractivity (Wildman–Crippen MR) is 80.8 cm³/mol. The van der Waals surface area contributed by atoms with Crippen LogP contribution in [0.2, 0.25) is 5.02 Å². The monoisotopic (exact) mass is 359 g/mol. The first-order chi connectivity index (χ1) is 8.06. The number of nitrogens with zero attached hydrogens (tertiary/aromatic N) is 1. The highest BCUT2D eigenvalue weighted by atomic mass is 127. The van der Waals surface area contributed by atoms with Gasteiger partial charge in [-0.3, -0.25) is 0 Å². The summed E-state index contributed by atoms with van der Waals surface area (Å²) in [6.07, 6.45) is 0. The zero-order valence-corrected chi connectivity index (χ0v) is 12.1. The number of rotatable bonds is 2. The number of pyridine rings is 1. The van der Waals surface area contributed by atoms with E-state index in [1.54, 1.807) is 0 Å². The molecule has 0 saturated carbocycles. The highest BCUT2D eigenvalue weighted by Gasteiger charge is 2.03. The van der Waals surface area contributed by atoms with Crippen LogP contribution in [0.5, 0.6) is 0 Å². The van der Waals surface area contributed by atoms with E-state index in [-0.39, 0.29) is 0 Å². The Bertz CT molecular complexity index is 557. The van der Waals surface area contributed by atoms with E-state index >= 15 is 0 Å². The molecule has 0 atom stereocenters. The van der Waals surface area contributed by atoms with Crippen molar-refractivity contribution >= 4 is 51.4 Å². The summed E-state index contributed by atoms with van der Waals surface area (Å²) in [6, 6.07) is 9.36. The summed E-state index contributed by atoms with van der Waals surface area (Å²) in [6.45, 7) is 1.88. The van der Waals surface area contributed by atoms with Crippen molar-refractivity contribution in [2.45, 2.75) is 6.92 Å². The molecule has 3 nitrogen and oxygen atoms in total. The van der Waals surface area contributed by atoms with Gasteiger partial charge < -0.3 is 11.1 Å². The van der Waals surface area contributed by atoms with Crippen LogP contribution in [-0.4, -0.2) is 4.98 Å². The topological polar surface area (TPSA) is 50.9 Å². The van der Waals surface area contributed by atoms with Gasteiger partial charge in [0.05, 0.1) is 17.1 Å². The largest absolute Gasteiger partial charge is 0.397 e. The predicted octanol–water partition coefficient (Wildman–Crippen LogP) is 3.97. The van der Waals surface area contributed by atoms with Crippen molar-refractivity contribution in [2.75, 3.05) is 11.1 Å². The van der Waals surface area contributed by atoms with Crippen LogP contribution in [-0.2, 0) is 0 Å². The lowest BCUT2D eigenvalue weighted by atomic mass is 10.3. The quantitative estimate of drug-likeness (QED) is 0.798. The van der Waals surface area contributed by atoms with Crippen molar-refractivity contribution in [3.8, 4) is 0 Å². The average Bonchev–Trinajstić information content (AvgIpc) is 2.27. The Hall–Kier alpha value is -1.01. The summed E-state index contributed by atoms with van der Waals surface area (Å²) >= 11 is 8.13. The number of hydrogen-bond acceptors (Lipinski definition) is 3. The molecule has 0 aliphatic rings. The van der Waals surface area contributed by atoms with Gasteiger partial charge in [0.15, 0.2) is 0 Å². The summed E-state index contributed by atoms with van der Waals surface area (Å²) in [5.41, 5.74) is 8.22. The molecule has 17 heavy (non-hydrogen) atoms. The molecule has 0 spiro atoms. The van der Waals surface area contributed by atoms with Crippen LogP contribution in [0.3, 0.4) is 0 Å². The van der Waals surface area contributed by atoms with E-state index in [0.29, 0.717) is 5.69 Å². The zero-order chi connectivity index (χ0) is 12.4. The maximum Gasteiger partial charge on any atom is 0.130 e. The summed E-state index contributed by atoms with van der Waals surface area (Å²) in [5.74, 6) is 0.775. The van der Waals surface area contributed by atoms with Gasteiger partial charge >= 0.3 is 0 Å². The van der Waals surface area contributed by atoms with E-state index in [0.717, 1.165) is 25.8 Å². The highest BCUT2D eigenvalue weighted by Crippen LogP contribution is 2.25. The van der Waals surface area contributed by atoms with E-state index in [2.05, 4.69) is 32.9 Å². The van der Waals surface area contributed by atoms with E-state index in [1.807, 2.05) is 37.3 Å². The number of aryl methyl sites for hydroxylation is 1. The van der Waals surface area contributed by atoms with Crippen molar-refractivity contribution in [1.82, 2.24) is 4.98 Å². The summed E-state index contributed by atoms with van der Waals surface area (Å²) in [4.78, 5) is 4.36. The Morgan fingerprint density at radius 2 is 2.06 bits per heavy atom. The van der Waals surface area contributed by atoms with Crippen molar-refractivity contribution in [1.29, 1.82) is 0 Å². The number of nitrogens with two attached hydrogens (primary N) is 1. The summed E-state index contributed by atoms with van der Waals surface area (Å²) in [5, 5.41) is 3.96. The zero-order valence-electron chi connectivity index (χ0n) is 9.17. The number of anilines is 3. The molecule has 2 aromatic rings. The Balaban J connectivity index is 2.28. The number of halogens is 2. The number of aromatic nitrogens is 1. The Kier molecular flexibility index (Phi) is 3.73. The average molecular weight is 360 g/mol. The first-order valence-corrected chi connectivity index (χ1v) is 6.47. The molecule has 0 saturated heterocycles. The fraction of sp³-hybridized carbons (Fsp3) is 0.0833. The van der Waals surface area contributed by atoms with E-state index in [1.165, 1.54) is 0 Å². The minimum Gasteiger partial charge on any atom is -0.397 e. The second-order valence-corrected chi connectivity index (χ2v) is 5.22. The van der Waals surface area contributed by atoms with Gasteiger partial charge in [0, 0.05) is 8.59 Å². The molecule has 1 aromatic heterocycles. The molecular formula is C12H11ClIN3. The molecule has 5 heteroatoms. The highest BCUT2D eigenvalue weighted by molar-refractivity contribution is 14.1. The number of nitrogens with one attached hydrogen (secondary N) is 1. The second kappa shape index (κ2) is 5.10. The lowest BCUT2D eigenvalue weighted by Gasteiger charge is -2.09. The molecular weight excluding hydrogens is 349 g/mol. The Labute approximate surface area is 119 Å². The Morgan fingerprint density at radius 1 is 1.29 bits per heavy atom. The van der Waals surface area contributed by atoms with Gasteiger partial charge in [-0.1, -0.05) is 11.6 Å². The van der Waals surface area contributed by atoms with Gasteiger partial charge in [-0.25, -0.2) is 4.98 Å². The van der Waals surface area contributed by atoms with Gasteiger partial charge in [0.1, 0.15) is 5.82 Å². The van der Waals surface area contributed by atoms with Crippen LogP contribution >= 0.6 is 34.2 Å². The van der Waals surface area contributed by atoms with Crippen molar-refractivity contribution < 1.29 is 0 Å². The van der Waals surface area contributed by atoms with Crippen molar-refractivity contribution in [3.05, 3.63) is 44.6 Å².